The highest BCUT2D eigenvalue weighted by atomic mass is 16.3. The first kappa shape index (κ1) is 13.2. The maximum Gasteiger partial charge on any atom is 0.0610 e. The molecule has 0 unspecified atom stereocenters. The molecular formula is C14H23NO. The Morgan fingerprint density at radius 2 is 1.69 bits per heavy atom. The second kappa shape index (κ2) is 4.98. The Balaban J connectivity index is 2.89. The van der Waals surface area contributed by atoms with E-state index in [4.69, 9.17) is 0 Å². The largest absolute Gasteiger partial charge is 0.394 e. The molecule has 16 heavy (non-hydrogen) atoms. The Bertz CT molecular complexity index is 338. The third-order valence-corrected chi connectivity index (χ3v) is 3.46. The molecule has 90 valence electrons. The maximum absolute atomic E-state index is 9.34. The molecule has 0 saturated heterocycles. The molecule has 1 aromatic rings. The van der Waals surface area contributed by atoms with E-state index < -0.39 is 0 Å². The zero-order valence-corrected chi connectivity index (χ0v) is 11.0. The normalized spacial score (nSPS) is 12.2. The fourth-order valence-corrected chi connectivity index (χ4v) is 1.67. The molecule has 0 radical (unpaired) electrons. The molecule has 0 aliphatic heterocycles. The molecule has 1 N–H and O–H groups in total. The predicted octanol–water partition coefficient (Wildman–Crippen LogP) is 2.51. The lowest BCUT2D eigenvalue weighted by atomic mass is 9.99. The van der Waals surface area contributed by atoms with Crippen LogP contribution in [0.25, 0.3) is 0 Å². The number of aryl methyl sites for hydroxylation is 2. The van der Waals surface area contributed by atoms with Gasteiger partial charge in [0.05, 0.1) is 6.61 Å². The molecule has 2 heteroatoms. The Morgan fingerprint density at radius 1 is 1.19 bits per heavy atom. The van der Waals surface area contributed by atoms with Gasteiger partial charge in [-0.3, -0.25) is 4.90 Å². The predicted molar refractivity (Wildman–Crippen MR) is 68.5 cm³/mol. The van der Waals surface area contributed by atoms with E-state index in [9.17, 15) is 5.11 Å². The second-order valence-electron chi connectivity index (χ2n) is 5.20. The second-order valence-corrected chi connectivity index (χ2v) is 5.20. The van der Waals surface area contributed by atoms with Crippen molar-refractivity contribution in [2.24, 2.45) is 0 Å². The number of likely N-dealkylation sites (N-methyl/N-ethyl adjacent to an activating group) is 1. The quantitative estimate of drug-likeness (QED) is 0.844. The van der Waals surface area contributed by atoms with Gasteiger partial charge in [-0.2, -0.15) is 0 Å². The van der Waals surface area contributed by atoms with Crippen molar-refractivity contribution in [2.75, 3.05) is 13.7 Å². The van der Waals surface area contributed by atoms with E-state index in [1.54, 1.807) is 0 Å². The summed E-state index contributed by atoms with van der Waals surface area (Å²) in [6, 6.07) is 6.37. The van der Waals surface area contributed by atoms with E-state index in [1.165, 1.54) is 16.7 Å². The summed E-state index contributed by atoms with van der Waals surface area (Å²) in [6.45, 7) is 9.45. The van der Waals surface area contributed by atoms with Crippen LogP contribution in [0.1, 0.15) is 30.5 Å². The Hall–Kier alpha value is -0.860. The van der Waals surface area contributed by atoms with Crippen LogP contribution in [0.15, 0.2) is 18.2 Å². The van der Waals surface area contributed by atoms with Crippen LogP contribution in [0.5, 0.6) is 0 Å². The molecule has 0 saturated carbocycles. The van der Waals surface area contributed by atoms with Crippen LogP contribution in [0.2, 0.25) is 0 Å². The van der Waals surface area contributed by atoms with Gasteiger partial charge in [-0.25, -0.2) is 0 Å². The zero-order chi connectivity index (χ0) is 12.3. The van der Waals surface area contributed by atoms with E-state index >= 15 is 0 Å². The van der Waals surface area contributed by atoms with Crippen LogP contribution in [-0.2, 0) is 6.54 Å². The van der Waals surface area contributed by atoms with Crippen LogP contribution in [0.4, 0.5) is 0 Å². The van der Waals surface area contributed by atoms with Crippen molar-refractivity contribution in [3.8, 4) is 0 Å². The Labute approximate surface area is 98.9 Å². The molecule has 0 bridgehead atoms. The SMILES string of the molecule is Cc1cccc(C)c1CN(C)C(C)(C)CO. The summed E-state index contributed by atoms with van der Waals surface area (Å²) in [5, 5.41) is 9.34. The van der Waals surface area contributed by atoms with Gasteiger partial charge >= 0.3 is 0 Å². The number of hydrogen-bond donors (Lipinski definition) is 1. The van der Waals surface area contributed by atoms with E-state index in [1.807, 2.05) is 0 Å². The van der Waals surface area contributed by atoms with Gasteiger partial charge in [0.15, 0.2) is 0 Å². The lowest BCUT2D eigenvalue weighted by Crippen LogP contribution is -2.43. The minimum Gasteiger partial charge on any atom is -0.394 e. The van der Waals surface area contributed by atoms with Gasteiger partial charge in [-0.1, -0.05) is 18.2 Å². The number of aliphatic hydroxyl groups is 1. The van der Waals surface area contributed by atoms with Crippen molar-refractivity contribution in [3.05, 3.63) is 34.9 Å². The van der Waals surface area contributed by atoms with Crippen molar-refractivity contribution in [1.82, 2.24) is 4.90 Å². The smallest absolute Gasteiger partial charge is 0.0610 e. The highest BCUT2D eigenvalue weighted by molar-refractivity contribution is 5.33. The molecule has 0 fully saturated rings. The molecule has 0 spiro atoms. The lowest BCUT2D eigenvalue weighted by Gasteiger charge is -2.34. The first-order valence-corrected chi connectivity index (χ1v) is 5.75. The molecule has 0 amide bonds. The molecule has 2 nitrogen and oxygen atoms in total. The number of benzene rings is 1. The monoisotopic (exact) mass is 221 g/mol. The number of aliphatic hydroxyl groups excluding tert-OH is 1. The van der Waals surface area contributed by atoms with Gasteiger partial charge in [0, 0.05) is 12.1 Å². The van der Waals surface area contributed by atoms with Crippen LogP contribution in [0, 0.1) is 13.8 Å². The van der Waals surface area contributed by atoms with Crippen LogP contribution in [0.3, 0.4) is 0 Å². The first-order chi connectivity index (χ1) is 7.38. The minimum absolute atomic E-state index is 0.172. The zero-order valence-electron chi connectivity index (χ0n) is 11.0. The van der Waals surface area contributed by atoms with Gasteiger partial charge in [0.2, 0.25) is 0 Å². The fraction of sp³-hybridized carbons (Fsp3) is 0.571. The molecular weight excluding hydrogens is 198 g/mol. The third-order valence-electron chi connectivity index (χ3n) is 3.46. The maximum atomic E-state index is 9.34. The lowest BCUT2D eigenvalue weighted by molar-refractivity contribution is 0.0731. The molecule has 0 atom stereocenters. The Kier molecular flexibility index (Phi) is 4.11. The number of hydrogen-bond acceptors (Lipinski definition) is 2. The third kappa shape index (κ3) is 2.83. The van der Waals surface area contributed by atoms with Crippen LogP contribution < -0.4 is 0 Å². The molecule has 0 aliphatic rings. The van der Waals surface area contributed by atoms with Crippen LogP contribution >= 0.6 is 0 Å². The van der Waals surface area contributed by atoms with Gasteiger partial charge in [0.1, 0.15) is 0 Å². The van der Waals surface area contributed by atoms with Crippen molar-refractivity contribution >= 4 is 0 Å². The van der Waals surface area contributed by atoms with Crippen LogP contribution in [-0.4, -0.2) is 29.2 Å². The van der Waals surface area contributed by atoms with Gasteiger partial charge < -0.3 is 5.11 Å². The van der Waals surface area contributed by atoms with Crippen molar-refractivity contribution in [1.29, 1.82) is 0 Å². The summed E-state index contributed by atoms with van der Waals surface area (Å²) in [5.41, 5.74) is 3.84. The molecule has 1 rings (SSSR count). The first-order valence-electron chi connectivity index (χ1n) is 5.75. The van der Waals surface area contributed by atoms with Gasteiger partial charge in [0.25, 0.3) is 0 Å². The van der Waals surface area contributed by atoms with E-state index in [0.717, 1.165) is 6.54 Å². The average molecular weight is 221 g/mol. The van der Waals surface area contributed by atoms with Gasteiger partial charge in [-0.05, 0) is 51.4 Å². The van der Waals surface area contributed by atoms with Crippen molar-refractivity contribution in [3.63, 3.8) is 0 Å². The van der Waals surface area contributed by atoms with Crippen molar-refractivity contribution < 1.29 is 5.11 Å². The molecule has 0 aromatic heterocycles. The fourth-order valence-electron chi connectivity index (χ4n) is 1.67. The molecule has 0 aliphatic carbocycles. The topological polar surface area (TPSA) is 23.5 Å². The number of rotatable bonds is 4. The molecule has 1 aromatic carbocycles. The van der Waals surface area contributed by atoms with Gasteiger partial charge in [-0.15, -0.1) is 0 Å². The minimum atomic E-state index is -0.172. The summed E-state index contributed by atoms with van der Waals surface area (Å²) in [4.78, 5) is 2.20. The van der Waals surface area contributed by atoms with E-state index in [0.29, 0.717) is 0 Å². The van der Waals surface area contributed by atoms with E-state index in [2.05, 4.69) is 57.8 Å². The summed E-state index contributed by atoms with van der Waals surface area (Å²) in [6.07, 6.45) is 0. The standard InChI is InChI=1S/C14H23NO/c1-11-7-6-8-12(2)13(11)9-15(5)14(3,4)10-16/h6-8,16H,9-10H2,1-5H3. The summed E-state index contributed by atoms with van der Waals surface area (Å²) < 4.78 is 0. The highest BCUT2D eigenvalue weighted by Gasteiger charge is 2.23. The average Bonchev–Trinajstić information content (AvgIpc) is 2.23. The molecule has 0 heterocycles. The summed E-state index contributed by atoms with van der Waals surface area (Å²) in [5.74, 6) is 0. The summed E-state index contributed by atoms with van der Waals surface area (Å²) in [7, 11) is 2.06. The number of nitrogens with zero attached hydrogens (tertiary/aromatic N) is 1. The Morgan fingerprint density at radius 3 is 2.12 bits per heavy atom. The van der Waals surface area contributed by atoms with E-state index in [-0.39, 0.29) is 12.1 Å². The van der Waals surface area contributed by atoms with Crippen molar-refractivity contribution in [2.45, 2.75) is 39.8 Å². The highest BCUT2D eigenvalue weighted by Crippen LogP contribution is 2.20. The summed E-state index contributed by atoms with van der Waals surface area (Å²) >= 11 is 0.